The molecule has 1 heterocycles. The molecule has 1 nitrogen and oxygen atoms in total. The summed E-state index contributed by atoms with van der Waals surface area (Å²) in [5, 5.41) is 7.98. The average Bonchev–Trinajstić information content (AvgIpc) is 3.63. The molecule has 0 saturated heterocycles. The van der Waals surface area contributed by atoms with Gasteiger partial charge in [0, 0.05) is 42.6 Å². The predicted octanol–water partition coefficient (Wildman–Crippen LogP) is 14.9. The molecule has 0 radical (unpaired) electrons. The number of anilines is 3. The van der Waals surface area contributed by atoms with Crippen LogP contribution in [0.5, 0.6) is 0 Å². The van der Waals surface area contributed by atoms with E-state index in [1.807, 2.05) is 11.3 Å². The Labute approximate surface area is 308 Å². The first-order valence-corrected chi connectivity index (χ1v) is 18.9. The monoisotopic (exact) mass is 681 g/mol. The largest absolute Gasteiger partial charge is 0.311 e. The van der Waals surface area contributed by atoms with E-state index in [-0.39, 0.29) is 0 Å². The smallest absolute Gasteiger partial charge is 0.0462 e. The summed E-state index contributed by atoms with van der Waals surface area (Å²) >= 11 is 1.92. The van der Waals surface area contributed by atoms with E-state index in [0.29, 0.717) is 0 Å². The maximum absolute atomic E-state index is 2.37. The minimum absolute atomic E-state index is 1.10. The lowest BCUT2D eigenvalue weighted by atomic mass is 9.96. The first-order valence-electron chi connectivity index (χ1n) is 18.1. The highest BCUT2D eigenvalue weighted by Crippen LogP contribution is 2.47. The predicted molar refractivity (Wildman–Crippen MR) is 226 cm³/mol. The third-order valence-corrected chi connectivity index (χ3v) is 11.8. The van der Waals surface area contributed by atoms with Gasteiger partial charge < -0.3 is 4.90 Å². The minimum Gasteiger partial charge on any atom is -0.311 e. The van der Waals surface area contributed by atoms with E-state index in [9.17, 15) is 0 Å². The molecular weight excluding hydrogens is 647 g/mol. The number of benzene rings is 8. The zero-order chi connectivity index (χ0) is 34.4. The molecule has 246 valence electrons. The molecule has 0 atom stereocenters. The van der Waals surface area contributed by atoms with Gasteiger partial charge in [-0.2, -0.15) is 0 Å². The highest BCUT2D eigenvalue weighted by molar-refractivity contribution is 7.27. The van der Waals surface area contributed by atoms with Crippen LogP contribution in [0.15, 0.2) is 188 Å². The van der Waals surface area contributed by atoms with Crippen molar-refractivity contribution in [2.75, 3.05) is 4.90 Å². The van der Waals surface area contributed by atoms with Crippen LogP contribution >= 0.6 is 11.3 Å². The van der Waals surface area contributed by atoms with Crippen LogP contribution in [0.4, 0.5) is 17.1 Å². The Kier molecular flexibility index (Phi) is 7.55. The van der Waals surface area contributed by atoms with Crippen LogP contribution in [0.25, 0.3) is 69.5 Å². The summed E-state index contributed by atoms with van der Waals surface area (Å²) < 4.78 is 2.70. The van der Waals surface area contributed by atoms with Crippen molar-refractivity contribution in [3.63, 3.8) is 0 Å². The Morgan fingerprint density at radius 1 is 0.385 bits per heavy atom. The van der Waals surface area contributed by atoms with Gasteiger partial charge in [-0.15, -0.1) is 11.3 Å². The molecule has 0 amide bonds. The summed E-state index contributed by atoms with van der Waals surface area (Å²) in [6, 6.07) is 62.2. The van der Waals surface area contributed by atoms with E-state index in [0.717, 1.165) is 29.9 Å². The average molecular weight is 682 g/mol. The number of thiophene rings is 1. The summed E-state index contributed by atoms with van der Waals surface area (Å²) in [6.07, 6.45) is 9.09. The Morgan fingerprint density at radius 2 is 0.923 bits per heavy atom. The Hall–Kier alpha value is -6.22. The molecule has 0 N–H and O–H groups in total. The van der Waals surface area contributed by atoms with Gasteiger partial charge in [-0.3, -0.25) is 0 Å². The van der Waals surface area contributed by atoms with Crippen LogP contribution in [-0.4, -0.2) is 0 Å². The van der Waals surface area contributed by atoms with Crippen molar-refractivity contribution in [3.8, 4) is 22.3 Å². The SMILES string of the molecule is C1=CC(c2ccc(N(c3ccc(-c4ccccc4)cc3)c3ccc(-c4cccc5c4sc4c6ccccc6c6ccccc6c54)cc3)cc2)=CCC1. The van der Waals surface area contributed by atoms with Gasteiger partial charge >= 0.3 is 0 Å². The molecule has 1 aromatic heterocycles. The zero-order valence-electron chi connectivity index (χ0n) is 28.7. The molecule has 9 aromatic rings. The summed E-state index contributed by atoms with van der Waals surface area (Å²) in [6.45, 7) is 0. The highest BCUT2D eigenvalue weighted by Gasteiger charge is 2.18. The van der Waals surface area contributed by atoms with Crippen LogP contribution in [0.1, 0.15) is 18.4 Å². The molecule has 10 rings (SSSR count). The van der Waals surface area contributed by atoms with Gasteiger partial charge in [0.1, 0.15) is 0 Å². The first-order chi connectivity index (χ1) is 25.8. The fourth-order valence-corrected chi connectivity index (χ4v) is 9.35. The molecule has 2 heteroatoms. The van der Waals surface area contributed by atoms with Crippen molar-refractivity contribution in [1.82, 2.24) is 0 Å². The van der Waals surface area contributed by atoms with Crippen LogP contribution < -0.4 is 4.90 Å². The molecule has 52 heavy (non-hydrogen) atoms. The second-order valence-electron chi connectivity index (χ2n) is 13.6. The Balaban J connectivity index is 1.08. The quantitative estimate of drug-likeness (QED) is 0.158. The number of fused-ring (bicyclic) bond motifs is 8. The minimum atomic E-state index is 1.10. The van der Waals surface area contributed by atoms with E-state index in [4.69, 9.17) is 0 Å². The van der Waals surface area contributed by atoms with E-state index < -0.39 is 0 Å². The number of rotatable bonds is 6. The third kappa shape index (κ3) is 5.23. The Morgan fingerprint density at radius 3 is 1.58 bits per heavy atom. The second kappa shape index (κ2) is 12.8. The molecule has 0 fully saturated rings. The van der Waals surface area contributed by atoms with Crippen LogP contribution in [-0.2, 0) is 0 Å². The van der Waals surface area contributed by atoms with E-state index in [1.54, 1.807) is 0 Å². The molecule has 0 unspecified atom stereocenters. The van der Waals surface area contributed by atoms with E-state index >= 15 is 0 Å². The van der Waals surface area contributed by atoms with Gasteiger partial charge in [0.2, 0.25) is 0 Å². The van der Waals surface area contributed by atoms with Gasteiger partial charge in [-0.25, -0.2) is 0 Å². The van der Waals surface area contributed by atoms with Gasteiger partial charge in [0.25, 0.3) is 0 Å². The van der Waals surface area contributed by atoms with Gasteiger partial charge in [-0.05, 0) is 98.8 Å². The van der Waals surface area contributed by atoms with Gasteiger partial charge in [0.15, 0.2) is 0 Å². The maximum Gasteiger partial charge on any atom is 0.0462 e. The summed E-state index contributed by atoms with van der Waals surface area (Å²) in [5.41, 5.74) is 10.9. The van der Waals surface area contributed by atoms with Crippen molar-refractivity contribution in [2.45, 2.75) is 12.8 Å². The summed E-state index contributed by atoms with van der Waals surface area (Å²) in [5.74, 6) is 0. The number of hydrogen-bond donors (Lipinski definition) is 0. The van der Waals surface area contributed by atoms with E-state index in [1.165, 1.54) is 75.1 Å². The topological polar surface area (TPSA) is 3.24 Å². The lowest BCUT2D eigenvalue weighted by Gasteiger charge is -2.26. The number of nitrogens with zero attached hydrogens (tertiary/aromatic N) is 1. The molecule has 8 aromatic carbocycles. The Bertz CT molecular complexity index is 2800. The summed E-state index contributed by atoms with van der Waals surface area (Å²) in [7, 11) is 0. The normalized spacial score (nSPS) is 12.9. The van der Waals surface area contributed by atoms with E-state index in [2.05, 4.69) is 193 Å². The molecule has 0 bridgehead atoms. The van der Waals surface area contributed by atoms with Gasteiger partial charge in [0.05, 0.1) is 0 Å². The number of hydrogen-bond acceptors (Lipinski definition) is 2. The van der Waals surface area contributed by atoms with Crippen LogP contribution in [0.2, 0.25) is 0 Å². The molecule has 0 aliphatic heterocycles. The molecule has 1 aliphatic rings. The van der Waals surface area contributed by atoms with Crippen molar-refractivity contribution in [3.05, 3.63) is 194 Å². The number of allylic oxidation sites excluding steroid dienone is 4. The fraction of sp³-hybridized carbons (Fsp3) is 0.0400. The fourth-order valence-electron chi connectivity index (χ4n) is 7.96. The highest BCUT2D eigenvalue weighted by atomic mass is 32.1. The van der Waals surface area contributed by atoms with Crippen molar-refractivity contribution in [2.24, 2.45) is 0 Å². The van der Waals surface area contributed by atoms with Crippen LogP contribution in [0.3, 0.4) is 0 Å². The van der Waals surface area contributed by atoms with Crippen molar-refractivity contribution < 1.29 is 0 Å². The molecular formula is C50H35NS. The maximum atomic E-state index is 2.37. The van der Waals surface area contributed by atoms with Crippen molar-refractivity contribution >= 4 is 75.7 Å². The van der Waals surface area contributed by atoms with Crippen molar-refractivity contribution in [1.29, 1.82) is 0 Å². The lowest BCUT2D eigenvalue weighted by molar-refractivity contribution is 1.04. The van der Waals surface area contributed by atoms with Gasteiger partial charge in [-0.1, -0.05) is 152 Å². The summed E-state index contributed by atoms with van der Waals surface area (Å²) in [4.78, 5) is 2.37. The first kappa shape index (κ1) is 30.6. The lowest BCUT2D eigenvalue weighted by Crippen LogP contribution is -2.10. The molecule has 0 spiro atoms. The third-order valence-electron chi connectivity index (χ3n) is 10.5. The second-order valence-corrected chi connectivity index (χ2v) is 14.6. The molecule has 0 saturated carbocycles. The van der Waals surface area contributed by atoms with Crippen LogP contribution in [0, 0.1) is 0 Å². The standard InChI is InChI=1S/C50H35NS/c1-3-12-34(13-4-1)36-22-28-39(29-23-36)51(40-30-24-37(25-31-40)35-14-5-2-6-15-35)41-32-26-38(27-33-41)42-20-11-21-47-48-45-18-9-7-16-43(45)44-17-8-10-19-46(44)50(48)52-49(42)47/h1,3-5,7-33H,2,6H2. The molecule has 1 aliphatic carbocycles. The zero-order valence-corrected chi connectivity index (χ0v) is 29.5.